The molecule has 2 N–H and O–H groups in total. The number of aliphatic imine (C=N–C) groups is 1. The van der Waals surface area contributed by atoms with Crippen LogP contribution in [0.1, 0.15) is 50.7 Å². The molecule has 0 radical (unpaired) electrons. The van der Waals surface area contributed by atoms with Crippen molar-refractivity contribution in [3.05, 3.63) is 24.2 Å². The average molecular weight is 364 g/mol. The van der Waals surface area contributed by atoms with Crippen LogP contribution in [0.3, 0.4) is 0 Å². The minimum Gasteiger partial charge on any atom is -0.469 e. The number of hydrogen-bond donors (Lipinski definition) is 2. The summed E-state index contributed by atoms with van der Waals surface area (Å²) in [6, 6.07) is 4.49. The molecule has 2 fully saturated rings. The highest BCUT2D eigenvalue weighted by Crippen LogP contribution is 2.17. The Morgan fingerprint density at radius 1 is 1.23 bits per heavy atom. The molecule has 0 amide bonds. The maximum Gasteiger partial charge on any atom is 0.191 e. The quantitative estimate of drug-likeness (QED) is 0.380. The number of ether oxygens (including phenoxy) is 2. The van der Waals surface area contributed by atoms with Crippen molar-refractivity contribution in [2.24, 2.45) is 4.99 Å². The number of rotatable bonds is 10. The highest BCUT2D eigenvalue weighted by Gasteiger charge is 2.16. The largest absolute Gasteiger partial charge is 0.469 e. The Morgan fingerprint density at radius 2 is 2.15 bits per heavy atom. The molecule has 0 bridgehead atoms. The summed E-state index contributed by atoms with van der Waals surface area (Å²) in [7, 11) is 0. The van der Waals surface area contributed by atoms with Crippen molar-refractivity contribution >= 4 is 5.96 Å². The SMILES string of the molecule is c1coc(CCNC(=NCCCOCC2CCCO2)NC2CCCC2)c1. The zero-order valence-electron chi connectivity index (χ0n) is 15.8. The van der Waals surface area contributed by atoms with E-state index in [2.05, 4.69) is 10.6 Å². The summed E-state index contributed by atoms with van der Waals surface area (Å²) < 4.78 is 16.7. The fourth-order valence-electron chi connectivity index (χ4n) is 3.52. The topological polar surface area (TPSA) is 68.0 Å². The molecule has 2 aliphatic rings. The summed E-state index contributed by atoms with van der Waals surface area (Å²) in [5.41, 5.74) is 0. The average Bonchev–Trinajstić information content (AvgIpc) is 3.41. The van der Waals surface area contributed by atoms with Crippen LogP contribution in [0.15, 0.2) is 27.8 Å². The van der Waals surface area contributed by atoms with Gasteiger partial charge in [-0.2, -0.15) is 0 Å². The summed E-state index contributed by atoms with van der Waals surface area (Å²) in [5.74, 6) is 1.92. The molecule has 1 aliphatic carbocycles. The lowest BCUT2D eigenvalue weighted by Crippen LogP contribution is -2.43. The van der Waals surface area contributed by atoms with Crippen molar-refractivity contribution in [1.29, 1.82) is 0 Å². The van der Waals surface area contributed by atoms with Crippen LogP contribution in [0.4, 0.5) is 0 Å². The van der Waals surface area contributed by atoms with Crippen LogP contribution in [0.25, 0.3) is 0 Å². The van der Waals surface area contributed by atoms with Crippen LogP contribution < -0.4 is 10.6 Å². The fraction of sp³-hybridized carbons (Fsp3) is 0.750. The smallest absolute Gasteiger partial charge is 0.191 e. The summed E-state index contributed by atoms with van der Waals surface area (Å²) >= 11 is 0. The number of hydrogen-bond acceptors (Lipinski definition) is 4. The van der Waals surface area contributed by atoms with Crippen molar-refractivity contribution in [2.45, 2.75) is 63.5 Å². The number of nitrogens with zero attached hydrogens (tertiary/aromatic N) is 1. The summed E-state index contributed by atoms with van der Waals surface area (Å²) in [4.78, 5) is 4.73. The second-order valence-corrected chi connectivity index (χ2v) is 7.18. The molecule has 6 heteroatoms. The zero-order valence-corrected chi connectivity index (χ0v) is 15.8. The van der Waals surface area contributed by atoms with Gasteiger partial charge in [0.1, 0.15) is 5.76 Å². The predicted octanol–water partition coefficient (Wildman–Crippen LogP) is 2.89. The van der Waals surface area contributed by atoms with Gasteiger partial charge in [0.15, 0.2) is 5.96 Å². The van der Waals surface area contributed by atoms with Gasteiger partial charge in [-0.05, 0) is 44.2 Å². The molecule has 3 rings (SSSR count). The van der Waals surface area contributed by atoms with Gasteiger partial charge in [0.25, 0.3) is 0 Å². The molecule has 0 aromatic carbocycles. The normalized spacial score (nSPS) is 21.4. The molecule has 1 saturated heterocycles. The van der Waals surface area contributed by atoms with E-state index in [1.807, 2.05) is 12.1 Å². The predicted molar refractivity (Wildman–Crippen MR) is 103 cm³/mol. The number of guanidine groups is 1. The van der Waals surface area contributed by atoms with E-state index in [1.54, 1.807) is 6.26 Å². The second kappa shape index (κ2) is 11.2. The molecule has 1 saturated carbocycles. The third-order valence-corrected chi connectivity index (χ3v) is 4.98. The molecule has 26 heavy (non-hydrogen) atoms. The van der Waals surface area contributed by atoms with Gasteiger partial charge in [0.2, 0.25) is 0 Å². The third-order valence-electron chi connectivity index (χ3n) is 4.98. The minimum absolute atomic E-state index is 0.307. The molecule has 2 heterocycles. The summed E-state index contributed by atoms with van der Waals surface area (Å²) in [6.07, 6.45) is 11.2. The Morgan fingerprint density at radius 3 is 2.92 bits per heavy atom. The first-order valence-electron chi connectivity index (χ1n) is 10.2. The molecular formula is C20H33N3O3. The highest BCUT2D eigenvalue weighted by atomic mass is 16.5. The molecule has 1 aliphatic heterocycles. The first kappa shape index (κ1) is 19.2. The fourth-order valence-corrected chi connectivity index (χ4v) is 3.52. The van der Waals surface area contributed by atoms with Gasteiger partial charge in [0, 0.05) is 38.8 Å². The highest BCUT2D eigenvalue weighted by molar-refractivity contribution is 5.80. The van der Waals surface area contributed by atoms with Gasteiger partial charge in [-0.15, -0.1) is 0 Å². The maximum absolute atomic E-state index is 5.72. The monoisotopic (exact) mass is 363 g/mol. The Bertz CT molecular complexity index is 506. The molecule has 146 valence electrons. The van der Waals surface area contributed by atoms with E-state index in [1.165, 1.54) is 25.7 Å². The number of furan rings is 1. The van der Waals surface area contributed by atoms with E-state index >= 15 is 0 Å². The van der Waals surface area contributed by atoms with Crippen molar-refractivity contribution < 1.29 is 13.9 Å². The van der Waals surface area contributed by atoms with Crippen LogP contribution in [0, 0.1) is 0 Å². The van der Waals surface area contributed by atoms with E-state index in [4.69, 9.17) is 18.9 Å². The van der Waals surface area contributed by atoms with Crippen LogP contribution in [0.5, 0.6) is 0 Å². The molecule has 1 aromatic heterocycles. The first-order chi connectivity index (χ1) is 12.9. The van der Waals surface area contributed by atoms with E-state index in [0.29, 0.717) is 12.1 Å². The van der Waals surface area contributed by atoms with Gasteiger partial charge in [-0.3, -0.25) is 4.99 Å². The lowest BCUT2D eigenvalue weighted by Gasteiger charge is -2.17. The Hall–Kier alpha value is -1.53. The second-order valence-electron chi connectivity index (χ2n) is 7.18. The van der Waals surface area contributed by atoms with Crippen LogP contribution in [0.2, 0.25) is 0 Å². The van der Waals surface area contributed by atoms with E-state index < -0.39 is 0 Å². The Kier molecular flexibility index (Phi) is 8.32. The first-order valence-corrected chi connectivity index (χ1v) is 10.2. The maximum atomic E-state index is 5.72. The van der Waals surface area contributed by atoms with Crippen LogP contribution in [-0.4, -0.2) is 51.0 Å². The van der Waals surface area contributed by atoms with Crippen molar-refractivity contribution in [1.82, 2.24) is 10.6 Å². The van der Waals surface area contributed by atoms with Gasteiger partial charge in [0.05, 0.1) is 19.0 Å². The van der Waals surface area contributed by atoms with Gasteiger partial charge in [-0.25, -0.2) is 0 Å². The molecule has 0 spiro atoms. The van der Waals surface area contributed by atoms with Crippen molar-refractivity contribution in [2.75, 3.05) is 32.9 Å². The lowest BCUT2D eigenvalue weighted by atomic mass is 10.2. The van der Waals surface area contributed by atoms with Crippen LogP contribution >= 0.6 is 0 Å². The standard InChI is InChI=1S/C20H33N3O3/c1-2-7-17(6-1)23-20(22-12-10-18-8-3-14-25-18)21-11-5-13-24-16-19-9-4-15-26-19/h3,8,14,17,19H,1-2,4-7,9-13,15-16H2,(H2,21,22,23). The molecular weight excluding hydrogens is 330 g/mol. The molecule has 1 aromatic rings. The van der Waals surface area contributed by atoms with Gasteiger partial charge < -0.3 is 24.5 Å². The Balaban J connectivity index is 1.34. The van der Waals surface area contributed by atoms with E-state index in [-0.39, 0.29) is 0 Å². The lowest BCUT2D eigenvalue weighted by molar-refractivity contribution is 0.0171. The van der Waals surface area contributed by atoms with Crippen molar-refractivity contribution in [3.63, 3.8) is 0 Å². The molecule has 1 unspecified atom stereocenters. The third kappa shape index (κ3) is 7.00. The Labute approximate surface area is 156 Å². The minimum atomic E-state index is 0.307. The molecule has 1 atom stereocenters. The van der Waals surface area contributed by atoms with Crippen LogP contribution in [-0.2, 0) is 15.9 Å². The number of nitrogens with one attached hydrogen (secondary N) is 2. The van der Waals surface area contributed by atoms with Crippen molar-refractivity contribution in [3.8, 4) is 0 Å². The van der Waals surface area contributed by atoms with E-state index in [0.717, 1.165) is 70.3 Å². The summed E-state index contributed by atoms with van der Waals surface area (Å²) in [5, 5.41) is 7.02. The van der Waals surface area contributed by atoms with E-state index in [9.17, 15) is 0 Å². The molecule has 6 nitrogen and oxygen atoms in total. The zero-order chi connectivity index (χ0) is 17.9. The summed E-state index contributed by atoms with van der Waals surface area (Å²) in [6.45, 7) is 3.94. The van der Waals surface area contributed by atoms with Gasteiger partial charge >= 0.3 is 0 Å². The van der Waals surface area contributed by atoms with Gasteiger partial charge in [-0.1, -0.05) is 12.8 Å².